The average Bonchev–Trinajstić information content (AvgIpc) is 2.78. The molecule has 0 radical (unpaired) electrons. The van der Waals surface area contributed by atoms with Crippen LogP contribution >= 0.6 is 31.9 Å². The van der Waals surface area contributed by atoms with E-state index in [1.165, 1.54) is 0 Å². The van der Waals surface area contributed by atoms with E-state index in [0.717, 1.165) is 22.3 Å². The minimum absolute atomic E-state index is 0.275. The molecular formula is C11H11Br2N3. The van der Waals surface area contributed by atoms with Crippen molar-refractivity contribution in [3.63, 3.8) is 0 Å². The first-order chi connectivity index (χ1) is 7.70. The summed E-state index contributed by atoms with van der Waals surface area (Å²) >= 11 is 6.96. The second-order valence-corrected chi connectivity index (χ2v) is 5.46. The zero-order chi connectivity index (χ0) is 11.5. The summed E-state index contributed by atoms with van der Waals surface area (Å²) < 4.78 is 2.84. The molecule has 0 spiro atoms. The Bertz CT molecular complexity index is 464. The number of nitrogens with zero attached hydrogens (tertiary/aromatic N) is 3. The quantitative estimate of drug-likeness (QED) is 0.791. The predicted molar refractivity (Wildman–Crippen MR) is 71.0 cm³/mol. The number of halogens is 2. The third-order valence-electron chi connectivity index (χ3n) is 2.28. The Morgan fingerprint density at radius 2 is 2.00 bits per heavy atom. The van der Waals surface area contributed by atoms with E-state index in [4.69, 9.17) is 0 Å². The maximum atomic E-state index is 4.14. The van der Waals surface area contributed by atoms with Gasteiger partial charge in [0.2, 0.25) is 0 Å². The topological polar surface area (TPSA) is 30.7 Å². The van der Waals surface area contributed by atoms with Crippen LogP contribution in [-0.4, -0.2) is 15.0 Å². The van der Waals surface area contributed by atoms with E-state index < -0.39 is 0 Å². The Hall–Kier alpha value is -0.680. The highest BCUT2D eigenvalue weighted by molar-refractivity contribution is 9.10. The molecule has 16 heavy (non-hydrogen) atoms. The molecule has 0 N–H and O–H groups in total. The summed E-state index contributed by atoms with van der Waals surface area (Å²) in [6.45, 7) is 2.11. The molecule has 2 rings (SSSR count). The lowest BCUT2D eigenvalue weighted by molar-refractivity contribution is 0.790. The van der Waals surface area contributed by atoms with Crippen LogP contribution in [0.2, 0.25) is 0 Å². The smallest absolute Gasteiger partial charge is 0.0967 e. The van der Waals surface area contributed by atoms with Crippen molar-refractivity contribution >= 4 is 31.9 Å². The summed E-state index contributed by atoms with van der Waals surface area (Å²) in [4.78, 5) is 0.275. The van der Waals surface area contributed by atoms with Crippen LogP contribution in [0.15, 0.2) is 34.9 Å². The SMILES string of the molecule is CCC(Br)c1cn(-c2ccc(Br)cc2)nn1. The molecule has 0 saturated heterocycles. The fraction of sp³-hybridized carbons (Fsp3) is 0.273. The molecule has 84 valence electrons. The number of alkyl halides is 1. The van der Waals surface area contributed by atoms with E-state index in [1.807, 2.05) is 30.5 Å². The first-order valence-corrected chi connectivity index (χ1v) is 6.74. The molecule has 1 atom stereocenters. The van der Waals surface area contributed by atoms with Gasteiger partial charge in [-0.25, -0.2) is 4.68 Å². The van der Waals surface area contributed by atoms with Gasteiger partial charge >= 0.3 is 0 Å². The van der Waals surface area contributed by atoms with Gasteiger partial charge in [-0.1, -0.05) is 44.0 Å². The van der Waals surface area contributed by atoms with Gasteiger partial charge in [0.15, 0.2) is 0 Å². The maximum absolute atomic E-state index is 4.14. The molecule has 0 bridgehead atoms. The van der Waals surface area contributed by atoms with Crippen molar-refractivity contribution in [3.8, 4) is 5.69 Å². The van der Waals surface area contributed by atoms with E-state index >= 15 is 0 Å². The van der Waals surface area contributed by atoms with Crippen LogP contribution in [0, 0.1) is 0 Å². The van der Waals surface area contributed by atoms with Crippen molar-refractivity contribution < 1.29 is 0 Å². The summed E-state index contributed by atoms with van der Waals surface area (Å²) in [7, 11) is 0. The number of hydrogen-bond donors (Lipinski definition) is 0. The predicted octanol–water partition coefficient (Wildman–Crippen LogP) is 3.88. The molecule has 1 heterocycles. The fourth-order valence-electron chi connectivity index (χ4n) is 1.35. The number of rotatable bonds is 3. The van der Waals surface area contributed by atoms with E-state index in [0.29, 0.717) is 0 Å². The zero-order valence-electron chi connectivity index (χ0n) is 8.77. The van der Waals surface area contributed by atoms with Gasteiger partial charge in [0.05, 0.1) is 22.4 Å². The van der Waals surface area contributed by atoms with Gasteiger partial charge in [0.1, 0.15) is 0 Å². The Morgan fingerprint density at radius 1 is 1.31 bits per heavy atom. The lowest BCUT2D eigenvalue weighted by Gasteiger charge is -2.00. The van der Waals surface area contributed by atoms with Crippen molar-refractivity contribution in [3.05, 3.63) is 40.6 Å². The van der Waals surface area contributed by atoms with E-state index in [9.17, 15) is 0 Å². The monoisotopic (exact) mass is 343 g/mol. The van der Waals surface area contributed by atoms with Crippen molar-refractivity contribution in [1.29, 1.82) is 0 Å². The van der Waals surface area contributed by atoms with Crippen LogP contribution in [0.4, 0.5) is 0 Å². The highest BCUT2D eigenvalue weighted by Gasteiger charge is 2.09. The molecule has 0 fully saturated rings. The molecule has 5 heteroatoms. The molecule has 0 amide bonds. The molecule has 1 unspecified atom stereocenters. The van der Waals surface area contributed by atoms with Gasteiger partial charge in [-0.15, -0.1) is 5.10 Å². The van der Waals surface area contributed by atoms with Gasteiger partial charge in [-0.05, 0) is 30.7 Å². The molecule has 0 aliphatic heterocycles. The van der Waals surface area contributed by atoms with Crippen LogP contribution in [0.1, 0.15) is 23.9 Å². The number of hydrogen-bond acceptors (Lipinski definition) is 2. The Kier molecular flexibility index (Phi) is 3.76. The van der Waals surface area contributed by atoms with Crippen molar-refractivity contribution in [2.75, 3.05) is 0 Å². The normalized spacial score (nSPS) is 12.7. The van der Waals surface area contributed by atoms with Crippen LogP contribution in [0.25, 0.3) is 5.69 Å². The largest absolute Gasteiger partial charge is 0.220 e. The lowest BCUT2D eigenvalue weighted by atomic mass is 10.3. The summed E-state index contributed by atoms with van der Waals surface area (Å²) in [5.41, 5.74) is 1.98. The minimum atomic E-state index is 0.275. The van der Waals surface area contributed by atoms with Gasteiger partial charge in [0, 0.05) is 4.47 Å². The molecule has 0 saturated carbocycles. The zero-order valence-corrected chi connectivity index (χ0v) is 11.9. The lowest BCUT2D eigenvalue weighted by Crippen LogP contribution is -1.93. The first kappa shape index (κ1) is 11.8. The van der Waals surface area contributed by atoms with Crippen LogP contribution in [-0.2, 0) is 0 Å². The van der Waals surface area contributed by atoms with E-state index in [2.05, 4.69) is 49.1 Å². The second kappa shape index (κ2) is 5.10. The van der Waals surface area contributed by atoms with Gasteiger partial charge in [-0.3, -0.25) is 0 Å². The highest BCUT2D eigenvalue weighted by atomic mass is 79.9. The Morgan fingerprint density at radius 3 is 2.62 bits per heavy atom. The summed E-state index contributed by atoms with van der Waals surface area (Å²) in [6.07, 6.45) is 2.95. The van der Waals surface area contributed by atoms with Crippen molar-refractivity contribution in [1.82, 2.24) is 15.0 Å². The maximum Gasteiger partial charge on any atom is 0.0967 e. The second-order valence-electron chi connectivity index (χ2n) is 3.44. The summed E-state index contributed by atoms with van der Waals surface area (Å²) in [6, 6.07) is 7.97. The molecule has 1 aromatic heterocycles. The average molecular weight is 345 g/mol. The summed E-state index contributed by atoms with van der Waals surface area (Å²) in [5.74, 6) is 0. The fourth-order valence-corrected chi connectivity index (χ4v) is 1.82. The summed E-state index contributed by atoms with van der Waals surface area (Å²) in [5, 5.41) is 8.25. The van der Waals surface area contributed by atoms with Gasteiger partial charge in [0.25, 0.3) is 0 Å². The van der Waals surface area contributed by atoms with Crippen molar-refractivity contribution in [2.24, 2.45) is 0 Å². The van der Waals surface area contributed by atoms with Crippen LogP contribution in [0.3, 0.4) is 0 Å². The third-order valence-corrected chi connectivity index (χ3v) is 3.93. The molecule has 1 aromatic carbocycles. The third kappa shape index (κ3) is 2.52. The van der Waals surface area contributed by atoms with Gasteiger partial charge < -0.3 is 0 Å². The molecular weight excluding hydrogens is 334 g/mol. The number of aromatic nitrogens is 3. The van der Waals surface area contributed by atoms with Crippen LogP contribution < -0.4 is 0 Å². The Balaban J connectivity index is 2.28. The van der Waals surface area contributed by atoms with Crippen molar-refractivity contribution in [2.45, 2.75) is 18.2 Å². The standard InChI is InChI=1S/C11H11Br2N3/c1-2-10(13)11-7-16(15-14-11)9-5-3-8(12)4-6-9/h3-7,10H,2H2,1H3. The number of benzene rings is 1. The van der Waals surface area contributed by atoms with E-state index in [1.54, 1.807) is 4.68 Å². The Labute approximate surface area is 111 Å². The van der Waals surface area contributed by atoms with Crippen LogP contribution in [0.5, 0.6) is 0 Å². The molecule has 0 aliphatic rings. The molecule has 0 aliphatic carbocycles. The minimum Gasteiger partial charge on any atom is -0.220 e. The highest BCUT2D eigenvalue weighted by Crippen LogP contribution is 2.24. The molecule has 3 nitrogen and oxygen atoms in total. The first-order valence-electron chi connectivity index (χ1n) is 5.03. The van der Waals surface area contributed by atoms with Gasteiger partial charge in [-0.2, -0.15) is 0 Å². The van der Waals surface area contributed by atoms with E-state index in [-0.39, 0.29) is 4.83 Å². The molecule has 2 aromatic rings.